The Kier molecular flexibility index (Phi) is 5.88. The fraction of sp³-hybridized carbons (Fsp3) is 0.100. The van der Waals surface area contributed by atoms with Crippen LogP contribution in [0.15, 0.2) is 64.6 Å². The van der Waals surface area contributed by atoms with Crippen LogP contribution in [0.1, 0.15) is 27.3 Å². The lowest BCUT2D eigenvalue weighted by atomic mass is 10.2. The first kappa shape index (κ1) is 20.8. The molecule has 0 fully saturated rings. The Morgan fingerprint density at radius 3 is 2.31 bits per heavy atom. The number of rotatable bonds is 5. The molecule has 0 bridgehead atoms. The summed E-state index contributed by atoms with van der Waals surface area (Å²) in [6.45, 7) is 3.83. The Morgan fingerprint density at radius 1 is 1.10 bits per heavy atom. The largest absolute Gasteiger partial charge is 0.318 e. The standard InChI is InChI=1S/C20H19ClN4O3S/c1-13-11-16(12-23-24-20(26)15-3-5-17(21)6-4-15)14(2)25(13)18-7-9-19(10-8-18)29(22,27)28/h3-12H,1-2H3,(H,24,26)(H2,22,27,28)/b23-12-. The fourth-order valence-electron chi connectivity index (χ4n) is 2.93. The normalized spacial score (nSPS) is 11.7. The first-order valence-electron chi connectivity index (χ1n) is 8.58. The zero-order valence-corrected chi connectivity index (χ0v) is 17.3. The number of hydrogen-bond acceptors (Lipinski definition) is 4. The molecule has 0 radical (unpaired) electrons. The molecule has 0 aliphatic rings. The predicted molar refractivity (Wildman–Crippen MR) is 113 cm³/mol. The minimum Gasteiger partial charge on any atom is -0.318 e. The highest BCUT2D eigenvalue weighted by Gasteiger charge is 2.12. The van der Waals surface area contributed by atoms with Crippen LogP contribution in [0.5, 0.6) is 0 Å². The molecule has 3 N–H and O–H groups in total. The Morgan fingerprint density at radius 2 is 1.72 bits per heavy atom. The number of carbonyl (C=O) groups excluding carboxylic acids is 1. The third-order valence-corrected chi connectivity index (χ3v) is 5.55. The number of benzene rings is 2. The van der Waals surface area contributed by atoms with Crippen molar-refractivity contribution in [3.63, 3.8) is 0 Å². The maximum atomic E-state index is 12.1. The molecule has 0 atom stereocenters. The quantitative estimate of drug-likeness (QED) is 0.479. The van der Waals surface area contributed by atoms with Crippen molar-refractivity contribution >= 4 is 33.7 Å². The Hall–Kier alpha value is -2.94. The molecule has 9 heteroatoms. The number of hydrazone groups is 1. The van der Waals surface area contributed by atoms with Gasteiger partial charge >= 0.3 is 0 Å². The molecule has 0 unspecified atom stereocenters. The van der Waals surface area contributed by atoms with Gasteiger partial charge in [0.25, 0.3) is 5.91 Å². The SMILES string of the molecule is Cc1cc(/C=N\NC(=O)c2ccc(Cl)cc2)c(C)n1-c1ccc(S(N)(=O)=O)cc1. The van der Waals surface area contributed by atoms with Gasteiger partial charge in [0, 0.05) is 33.2 Å². The van der Waals surface area contributed by atoms with Gasteiger partial charge in [0.1, 0.15) is 0 Å². The maximum absolute atomic E-state index is 12.1. The second-order valence-electron chi connectivity index (χ2n) is 6.41. The number of aromatic nitrogens is 1. The molecule has 0 aliphatic carbocycles. The van der Waals surface area contributed by atoms with E-state index in [1.54, 1.807) is 42.6 Å². The van der Waals surface area contributed by atoms with E-state index < -0.39 is 10.0 Å². The lowest BCUT2D eigenvalue weighted by Crippen LogP contribution is -2.17. The van der Waals surface area contributed by atoms with E-state index in [2.05, 4.69) is 10.5 Å². The number of nitrogens with one attached hydrogen (secondary N) is 1. The third-order valence-electron chi connectivity index (χ3n) is 4.37. The van der Waals surface area contributed by atoms with Crippen LogP contribution in [0.4, 0.5) is 0 Å². The van der Waals surface area contributed by atoms with Crippen LogP contribution in [0, 0.1) is 13.8 Å². The van der Waals surface area contributed by atoms with E-state index >= 15 is 0 Å². The summed E-state index contributed by atoms with van der Waals surface area (Å²) in [5.41, 5.74) is 6.35. The smallest absolute Gasteiger partial charge is 0.271 e. The molecule has 3 aromatic rings. The molecule has 0 saturated heterocycles. The Bertz CT molecular complexity index is 1180. The molecule has 0 spiro atoms. The van der Waals surface area contributed by atoms with Gasteiger partial charge in [-0.25, -0.2) is 19.0 Å². The van der Waals surface area contributed by atoms with Crippen LogP contribution < -0.4 is 10.6 Å². The van der Waals surface area contributed by atoms with E-state index in [9.17, 15) is 13.2 Å². The van der Waals surface area contributed by atoms with Crippen LogP contribution in [0.2, 0.25) is 5.02 Å². The lowest BCUT2D eigenvalue weighted by Gasteiger charge is -2.10. The Balaban J connectivity index is 1.79. The molecular weight excluding hydrogens is 412 g/mol. The number of nitrogens with two attached hydrogens (primary N) is 1. The van der Waals surface area contributed by atoms with Gasteiger partial charge in [-0.1, -0.05) is 11.6 Å². The number of amides is 1. The summed E-state index contributed by atoms with van der Waals surface area (Å²) in [4.78, 5) is 12.2. The van der Waals surface area contributed by atoms with Crippen molar-refractivity contribution in [1.29, 1.82) is 0 Å². The van der Waals surface area contributed by atoms with E-state index in [0.29, 0.717) is 10.6 Å². The highest BCUT2D eigenvalue weighted by Crippen LogP contribution is 2.21. The summed E-state index contributed by atoms with van der Waals surface area (Å²) in [5, 5.41) is 9.72. The van der Waals surface area contributed by atoms with Crippen molar-refractivity contribution in [2.24, 2.45) is 10.2 Å². The number of primary sulfonamides is 1. The number of hydrogen-bond donors (Lipinski definition) is 2. The third kappa shape index (κ3) is 4.73. The predicted octanol–water partition coefficient (Wildman–Crippen LogP) is 3.16. The first-order valence-corrected chi connectivity index (χ1v) is 10.5. The first-order chi connectivity index (χ1) is 13.7. The minimum atomic E-state index is -3.74. The van der Waals surface area contributed by atoms with Crippen molar-refractivity contribution in [3.8, 4) is 5.69 Å². The maximum Gasteiger partial charge on any atom is 0.271 e. The van der Waals surface area contributed by atoms with E-state index in [1.165, 1.54) is 12.1 Å². The van der Waals surface area contributed by atoms with Crippen LogP contribution in [0.3, 0.4) is 0 Å². The number of sulfonamides is 1. The zero-order chi connectivity index (χ0) is 21.2. The van der Waals surface area contributed by atoms with E-state index in [4.69, 9.17) is 16.7 Å². The molecule has 29 heavy (non-hydrogen) atoms. The topological polar surface area (TPSA) is 107 Å². The van der Waals surface area contributed by atoms with Gasteiger partial charge in [-0.15, -0.1) is 0 Å². The average molecular weight is 431 g/mol. The Labute approximate surface area is 173 Å². The van der Waals surface area contributed by atoms with Crippen LogP contribution in [-0.4, -0.2) is 25.1 Å². The molecule has 150 valence electrons. The molecule has 7 nitrogen and oxygen atoms in total. The van der Waals surface area contributed by atoms with Gasteiger partial charge in [0.2, 0.25) is 10.0 Å². The van der Waals surface area contributed by atoms with Gasteiger partial charge in [-0.2, -0.15) is 5.10 Å². The second-order valence-corrected chi connectivity index (χ2v) is 8.40. The van der Waals surface area contributed by atoms with E-state index in [0.717, 1.165) is 22.6 Å². The molecule has 1 aromatic heterocycles. The molecule has 2 aromatic carbocycles. The monoisotopic (exact) mass is 430 g/mol. The van der Waals surface area contributed by atoms with Crippen LogP contribution in [0.25, 0.3) is 5.69 Å². The molecule has 0 aliphatic heterocycles. The minimum absolute atomic E-state index is 0.0513. The zero-order valence-electron chi connectivity index (χ0n) is 15.8. The van der Waals surface area contributed by atoms with Gasteiger partial charge in [0.05, 0.1) is 11.1 Å². The van der Waals surface area contributed by atoms with Crippen molar-refractivity contribution in [2.75, 3.05) is 0 Å². The van der Waals surface area contributed by atoms with E-state index in [-0.39, 0.29) is 10.8 Å². The summed E-state index contributed by atoms with van der Waals surface area (Å²) in [6, 6.07) is 14.7. The van der Waals surface area contributed by atoms with Crippen LogP contribution in [-0.2, 0) is 10.0 Å². The summed E-state index contributed by atoms with van der Waals surface area (Å²) >= 11 is 5.82. The van der Waals surface area contributed by atoms with Gasteiger partial charge < -0.3 is 4.57 Å². The highest BCUT2D eigenvalue weighted by atomic mass is 35.5. The van der Waals surface area contributed by atoms with Crippen molar-refractivity contribution in [2.45, 2.75) is 18.7 Å². The van der Waals surface area contributed by atoms with E-state index in [1.807, 2.05) is 24.5 Å². The molecule has 1 heterocycles. The van der Waals surface area contributed by atoms with Gasteiger partial charge in [0.15, 0.2) is 0 Å². The molecule has 0 saturated carbocycles. The average Bonchev–Trinajstić information content (AvgIpc) is 2.95. The second kappa shape index (κ2) is 8.20. The number of carbonyl (C=O) groups is 1. The summed E-state index contributed by atoms with van der Waals surface area (Å²) < 4.78 is 24.8. The molecule has 1 amide bonds. The highest BCUT2D eigenvalue weighted by molar-refractivity contribution is 7.89. The summed E-state index contributed by atoms with van der Waals surface area (Å²) in [7, 11) is -3.74. The summed E-state index contributed by atoms with van der Waals surface area (Å²) in [5.74, 6) is -0.342. The van der Waals surface area contributed by atoms with Crippen molar-refractivity contribution in [3.05, 3.63) is 82.1 Å². The fourth-order valence-corrected chi connectivity index (χ4v) is 3.57. The number of halogens is 1. The molecular formula is C20H19ClN4O3S. The van der Waals surface area contributed by atoms with Gasteiger partial charge in [-0.3, -0.25) is 4.79 Å². The number of aryl methyl sites for hydroxylation is 1. The number of nitrogens with zero attached hydrogens (tertiary/aromatic N) is 2. The molecule has 3 rings (SSSR count). The van der Waals surface area contributed by atoms with Crippen molar-refractivity contribution in [1.82, 2.24) is 9.99 Å². The van der Waals surface area contributed by atoms with Crippen molar-refractivity contribution < 1.29 is 13.2 Å². The van der Waals surface area contributed by atoms with Gasteiger partial charge in [-0.05, 0) is 68.4 Å². The lowest BCUT2D eigenvalue weighted by molar-refractivity contribution is 0.0955. The van der Waals surface area contributed by atoms with Crippen LogP contribution >= 0.6 is 11.6 Å². The summed E-state index contributed by atoms with van der Waals surface area (Å²) in [6.07, 6.45) is 1.56.